The van der Waals surface area contributed by atoms with Crippen molar-refractivity contribution in [1.29, 1.82) is 0 Å². The number of hydrogen-bond donors (Lipinski definition) is 0. The molecular formula is C16H17NO2. The molecular weight excluding hydrogens is 238 g/mol. The molecule has 0 radical (unpaired) electrons. The molecule has 0 atom stereocenters. The van der Waals surface area contributed by atoms with Crippen LogP contribution >= 0.6 is 0 Å². The first-order valence-corrected chi connectivity index (χ1v) is 6.53. The Morgan fingerprint density at radius 2 is 2.05 bits per heavy atom. The topological polar surface area (TPSA) is 27.3 Å². The molecule has 3 nitrogen and oxygen atoms in total. The number of ether oxygens (including phenoxy) is 1. The highest BCUT2D eigenvalue weighted by Crippen LogP contribution is 2.23. The maximum Gasteiger partial charge on any atom is 0.123 e. The lowest BCUT2D eigenvalue weighted by molar-refractivity contribution is 0.340. The molecule has 0 unspecified atom stereocenters. The van der Waals surface area contributed by atoms with Crippen LogP contribution in [0, 0.1) is 6.92 Å². The fourth-order valence-corrected chi connectivity index (χ4v) is 2.31. The molecule has 0 N–H and O–H groups in total. The molecule has 1 aromatic carbocycles. The molecule has 0 amide bonds. The van der Waals surface area contributed by atoms with Gasteiger partial charge in [0.25, 0.3) is 0 Å². The lowest BCUT2D eigenvalue weighted by Gasteiger charge is -2.05. The predicted octanol–water partition coefficient (Wildman–Crippen LogP) is 3.99. The summed E-state index contributed by atoms with van der Waals surface area (Å²) in [7, 11) is 0. The Morgan fingerprint density at radius 1 is 1.16 bits per heavy atom. The van der Waals surface area contributed by atoms with Gasteiger partial charge in [-0.15, -0.1) is 0 Å². The van der Waals surface area contributed by atoms with Crippen molar-refractivity contribution in [2.75, 3.05) is 6.61 Å². The van der Waals surface area contributed by atoms with Gasteiger partial charge >= 0.3 is 0 Å². The van der Waals surface area contributed by atoms with Crippen LogP contribution in [0.1, 0.15) is 18.4 Å². The third-order valence-electron chi connectivity index (χ3n) is 3.18. The van der Waals surface area contributed by atoms with E-state index >= 15 is 0 Å². The minimum absolute atomic E-state index is 0.692. The Hall–Kier alpha value is -2.16. The van der Waals surface area contributed by atoms with Crippen LogP contribution in [-0.4, -0.2) is 11.2 Å². The summed E-state index contributed by atoms with van der Waals surface area (Å²) in [6.07, 6.45) is 2.08. The van der Waals surface area contributed by atoms with Gasteiger partial charge in [0.05, 0.1) is 13.2 Å². The molecule has 0 aliphatic rings. The Kier molecular flexibility index (Phi) is 3.03. The summed E-state index contributed by atoms with van der Waals surface area (Å²) in [5.74, 6) is 2.84. The van der Waals surface area contributed by atoms with Crippen molar-refractivity contribution in [3.8, 4) is 5.75 Å². The van der Waals surface area contributed by atoms with Gasteiger partial charge in [0.15, 0.2) is 0 Å². The van der Waals surface area contributed by atoms with Crippen LogP contribution in [0.25, 0.3) is 10.9 Å². The van der Waals surface area contributed by atoms with Gasteiger partial charge in [0, 0.05) is 17.1 Å². The highest BCUT2D eigenvalue weighted by Gasteiger charge is 2.05. The van der Waals surface area contributed by atoms with E-state index in [0.29, 0.717) is 6.61 Å². The number of hydrogen-bond acceptors (Lipinski definition) is 2. The zero-order valence-corrected chi connectivity index (χ0v) is 11.2. The molecule has 0 spiro atoms. The molecule has 0 saturated carbocycles. The van der Waals surface area contributed by atoms with Gasteiger partial charge in [-0.3, -0.25) is 0 Å². The number of rotatable bonds is 4. The first-order valence-electron chi connectivity index (χ1n) is 6.53. The third kappa shape index (κ3) is 2.36. The SMILES string of the molecule is CCOc1ccc2c(ccn2Cc2ccc(C)o2)c1. The molecule has 0 fully saturated rings. The molecule has 98 valence electrons. The Morgan fingerprint density at radius 3 is 2.79 bits per heavy atom. The van der Waals surface area contributed by atoms with E-state index in [1.54, 1.807) is 0 Å². The van der Waals surface area contributed by atoms with E-state index in [9.17, 15) is 0 Å². The highest BCUT2D eigenvalue weighted by atomic mass is 16.5. The van der Waals surface area contributed by atoms with Crippen LogP contribution in [0.5, 0.6) is 5.75 Å². The Balaban J connectivity index is 1.92. The van der Waals surface area contributed by atoms with Crippen molar-refractivity contribution in [2.45, 2.75) is 20.4 Å². The van der Waals surface area contributed by atoms with E-state index in [1.165, 1.54) is 10.9 Å². The zero-order valence-electron chi connectivity index (χ0n) is 11.2. The predicted molar refractivity (Wildman–Crippen MR) is 75.7 cm³/mol. The quantitative estimate of drug-likeness (QED) is 0.705. The first-order chi connectivity index (χ1) is 9.26. The smallest absolute Gasteiger partial charge is 0.123 e. The standard InChI is InChI=1S/C16H17NO2/c1-3-18-14-6-7-16-13(10-14)8-9-17(16)11-15-5-4-12(2)19-15/h4-10H,3,11H2,1-2H3. The second-order valence-electron chi connectivity index (χ2n) is 4.61. The Labute approximate surface area is 112 Å². The second-order valence-corrected chi connectivity index (χ2v) is 4.61. The van der Waals surface area contributed by atoms with Crippen LogP contribution in [0.2, 0.25) is 0 Å². The van der Waals surface area contributed by atoms with E-state index in [0.717, 1.165) is 23.8 Å². The van der Waals surface area contributed by atoms with Crippen molar-refractivity contribution >= 4 is 10.9 Å². The van der Waals surface area contributed by atoms with E-state index < -0.39 is 0 Å². The van der Waals surface area contributed by atoms with Crippen LogP contribution in [0.4, 0.5) is 0 Å². The first kappa shape index (κ1) is 11.9. The van der Waals surface area contributed by atoms with Crippen LogP contribution < -0.4 is 4.74 Å². The van der Waals surface area contributed by atoms with Crippen molar-refractivity contribution in [3.05, 3.63) is 54.1 Å². The van der Waals surface area contributed by atoms with Crippen LogP contribution in [0.15, 0.2) is 47.0 Å². The summed E-state index contributed by atoms with van der Waals surface area (Å²) >= 11 is 0. The van der Waals surface area contributed by atoms with E-state index in [1.807, 2.05) is 32.0 Å². The van der Waals surface area contributed by atoms with Gasteiger partial charge in [0.1, 0.15) is 17.3 Å². The second kappa shape index (κ2) is 4.84. The number of fused-ring (bicyclic) bond motifs is 1. The number of furan rings is 1. The van der Waals surface area contributed by atoms with Gasteiger partial charge in [-0.1, -0.05) is 0 Å². The zero-order chi connectivity index (χ0) is 13.2. The third-order valence-corrected chi connectivity index (χ3v) is 3.18. The molecule has 2 heterocycles. The normalized spacial score (nSPS) is 11.1. The van der Waals surface area contributed by atoms with E-state index in [2.05, 4.69) is 29.0 Å². The lowest BCUT2D eigenvalue weighted by atomic mass is 10.2. The average molecular weight is 255 g/mol. The molecule has 0 saturated heterocycles. The molecule has 19 heavy (non-hydrogen) atoms. The molecule has 0 aliphatic carbocycles. The average Bonchev–Trinajstić information content (AvgIpc) is 2.97. The van der Waals surface area contributed by atoms with Gasteiger partial charge in [-0.25, -0.2) is 0 Å². The van der Waals surface area contributed by atoms with Gasteiger partial charge < -0.3 is 13.7 Å². The molecule has 3 rings (SSSR count). The van der Waals surface area contributed by atoms with Crippen molar-refractivity contribution in [1.82, 2.24) is 4.57 Å². The van der Waals surface area contributed by atoms with Crippen molar-refractivity contribution in [3.63, 3.8) is 0 Å². The van der Waals surface area contributed by atoms with Crippen LogP contribution in [0.3, 0.4) is 0 Å². The largest absolute Gasteiger partial charge is 0.494 e. The summed E-state index contributed by atoms with van der Waals surface area (Å²) in [5, 5.41) is 1.19. The summed E-state index contributed by atoms with van der Waals surface area (Å²) in [6, 6.07) is 12.3. The molecule has 3 aromatic rings. The number of benzene rings is 1. The van der Waals surface area contributed by atoms with E-state index in [4.69, 9.17) is 9.15 Å². The maximum atomic E-state index is 5.62. The van der Waals surface area contributed by atoms with Crippen LogP contribution in [-0.2, 0) is 6.54 Å². The molecule has 2 aromatic heterocycles. The molecule has 0 aliphatic heterocycles. The number of nitrogens with zero attached hydrogens (tertiary/aromatic N) is 1. The lowest BCUT2D eigenvalue weighted by Crippen LogP contribution is -1.96. The van der Waals surface area contributed by atoms with Crippen molar-refractivity contribution < 1.29 is 9.15 Å². The number of aryl methyl sites for hydroxylation is 1. The highest BCUT2D eigenvalue weighted by molar-refractivity contribution is 5.81. The summed E-state index contributed by atoms with van der Waals surface area (Å²) < 4.78 is 13.3. The van der Waals surface area contributed by atoms with Gasteiger partial charge in [0.2, 0.25) is 0 Å². The molecule has 0 bridgehead atoms. The van der Waals surface area contributed by atoms with Crippen molar-refractivity contribution in [2.24, 2.45) is 0 Å². The fourth-order valence-electron chi connectivity index (χ4n) is 2.31. The van der Waals surface area contributed by atoms with Gasteiger partial charge in [-0.05, 0) is 50.2 Å². The maximum absolute atomic E-state index is 5.62. The number of aromatic nitrogens is 1. The molecule has 3 heteroatoms. The Bertz CT molecular complexity index is 694. The summed E-state index contributed by atoms with van der Waals surface area (Å²) in [6.45, 7) is 5.41. The van der Waals surface area contributed by atoms with Gasteiger partial charge in [-0.2, -0.15) is 0 Å². The van der Waals surface area contributed by atoms with E-state index in [-0.39, 0.29) is 0 Å². The monoisotopic (exact) mass is 255 g/mol. The summed E-state index contributed by atoms with van der Waals surface area (Å²) in [4.78, 5) is 0. The minimum Gasteiger partial charge on any atom is -0.494 e. The fraction of sp³-hybridized carbons (Fsp3) is 0.250. The summed E-state index contributed by atoms with van der Waals surface area (Å²) in [5.41, 5.74) is 1.19. The minimum atomic E-state index is 0.692.